The number of thioether (sulfide) groups is 1. The maximum atomic E-state index is 12.0. The van der Waals surface area contributed by atoms with E-state index in [4.69, 9.17) is 0 Å². The first kappa shape index (κ1) is 12.4. The molecule has 1 aromatic carbocycles. The highest BCUT2D eigenvalue weighted by Gasteiger charge is 2.37. The molecule has 0 N–H and O–H groups in total. The van der Waals surface area contributed by atoms with Gasteiger partial charge in [-0.1, -0.05) is 48.2 Å². The van der Waals surface area contributed by atoms with Gasteiger partial charge in [0.25, 0.3) is 5.24 Å². The van der Waals surface area contributed by atoms with Crippen LogP contribution in [0.5, 0.6) is 0 Å². The molecule has 0 bridgehead atoms. The predicted octanol–water partition coefficient (Wildman–Crippen LogP) is 3.53. The third-order valence-electron chi connectivity index (χ3n) is 2.97. The van der Waals surface area contributed by atoms with Crippen molar-refractivity contribution in [3.63, 3.8) is 0 Å². The Morgan fingerprint density at radius 2 is 1.84 bits per heavy atom. The Bertz CT molecular complexity index is 579. The molecule has 1 saturated heterocycles. The van der Waals surface area contributed by atoms with Crippen LogP contribution in [0.4, 0.5) is 4.79 Å². The van der Waals surface area contributed by atoms with Crippen LogP contribution in [0.2, 0.25) is 0 Å². The number of imide groups is 1. The van der Waals surface area contributed by atoms with Gasteiger partial charge < -0.3 is 0 Å². The molecular weight excluding hydrogens is 278 g/mol. The summed E-state index contributed by atoms with van der Waals surface area (Å²) in [6, 6.07) is 13.3. The van der Waals surface area contributed by atoms with Crippen LogP contribution in [-0.2, 0) is 4.79 Å². The van der Waals surface area contributed by atoms with E-state index in [1.165, 1.54) is 4.90 Å². The molecule has 0 saturated carbocycles. The lowest BCUT2D eigenvalue weighted by molar-refractivity contribution is -0.125. The molecule has 0 radical (unpaired) electrons. The maximum Gasteiger partial charge on any atom is 0.289 e. The molecule has 1 atom stereocenters. The van der Waals surface area contributed by atoms with Gasteiger partial charge in [-0.2, -0.15) is 0 Å². The van der Waals surface area contributed by atoms with Gasteiger partial charge >= 0.3 is 0 Å². The number of hydrogen-bond acceptors (Lipinski definition) is 4. The fraction of sp³-hybridized carbons (Fsp3) is 0.143. The van der Waals surface area contributed by atoms with E-state index in [9.17, 15) is 9.59 Å². The number of amides is 2. The lowest BCUT2D eigenvalue weighted by atomic mass is 10.0. The fourth-order valence-corrected chi connectivity index (χ4v) is 3.71. The number of carbonyl (C=O) groups is 2. The minimum absolute atomic E-state index is 0.114. The molecule has 3 nitrogen and oxygen atoms in total. The van der Waals surface area contributed by atoms with E-state index in [-0.39, 0.29) is 22.9 Å². The van der Waals surface area contributed by atoms with Crippen molar-refractivity contribution in [2.24, 2.45) is 0 Å². The smallest absolute Gasteiger partial charge is 0.273 e. The Morgan fingerprint density at radius 3 is 2.42 bits per heavy atom. The molecule has 0 aliphatic carbocycles. The molecule has 19 heavy (non-hydrogen) atoms. The zero-order chi connectivity index (χ0) is 13.2. The number of nitrogens with zero attached hydrogens (tertiary/aromatic N) is 1. The van der Waals surface area contributed by atoms with Gasteiger partial charge in [0.1, 0.15) is 0 Å². The van der Waals surface area contributed by atoms with E-state index in [0.717, 1.165) is 22.2 Å². The van der Waals surface area contributed by atoms with Crippen molar-refractivity contribution >= 4 is 34.2 Å². The van der Waals surface area contributed by atoms with Crippen LogP contribution in [0.1, 0.15) is 16.5 Å². The molecule has 2 heterocycles. The van der Waals surface area contributed by atoms with Crippen LogP contribution in [-0.4, -0.2) is 21.8 Å². The Morgan fingerprint density at radius 1 is 1.05 bits per heavy atom. The number of thiophene rings is 1. The fourth-order valence-electron chi connectivity index (χ4n) is 2.14. The summed E-state index contributed by atoms with van der Waals surface area (Å²) in [5, 5.41) is 1.80. The molecule has 1 aliphatic rings. The third kappa shape index (κ3) is 2.31. The zero-order valence-electron chi connectivity index (χ0n) is 9.98. The van der Waals surface area contributed by atoms with Crippen molar-refractivity contribution in [1.82, 2.24) is 4.90 Å². The quantitative estimate of drug-likeness (QED) is 0.867. The average molecular weight is 289 g/mol. The van der Waals surface area contributed by atoms with Crippen molar-refractivity contribution in [3.8, 4) is 0 Å². The molecule has 2 amide bonds. The van der Waals surface area contributed by atoms with E-state index >= 15 is 0 Å². The second-order valence-electron chi connectivity index (χ2n) is 4.15. The third-order valence-corrected chi connectivity index (χ3v) is 4.73. The highest BCUT2D eigenvalue weighted by atomic mass is 32.2. The number of hydrogen-bond donors (Lipinski definition) is 0. The van der Waals surface area contributed by atoms with Gasteiger partial charge in [0.15, 0.2) is 0 Å². The second-order valence-corrected chi connectivity index (χ2v) is 6.05. The van der Waals surface area contributed by atoms with Crippen LogP contribution in [0.3, 0.4) is 0 Å². The molecule has 5 heteroatoms. The molecule has 2 aromatic rings. The summed E-state index contributed by atoms with van der Waals surface area (Å²) in [5.41, 5.74) is 0.967. The Labute approximate surface area is 119 Å². The summed E-state index contributed by atoms with van der Waals surface area (Å²) in [7, 11) is 0. The van der Waals surface area contributed by atoms with Gasteiger partial charge in [-0.05, 0) is 17.0 Å². The largest absolute Gasteiger partial charge is 0.289 e. The molecular formula is C14H11NO2S2. The van der Waals surface area contributed by atoms with Crippen LogP contribution >= 0.6 is 23.1 Å². The molecule has 1 aromatic heterocycles. The van der Waals surface area contributed by atoms with Gasteiger partial charge in [0.2, 0.25) is 5.91 Å². The first-order valence-electron chi connectivity index (χ1n) is 5.84. The lowest BCUT2D eigenvalue weighted by Gasteiger charge is -2.25. The highest BCUT2D eigenvalue weighted by Crippen LogP contribution is 2.36. The van der Waals surface area contributed by atoms with E-state index in [2.05, 4.69) is 0 Å². The molecule has 1 fully saturated rings. The summed E-state index contributed by atoms with van der Waals surface area (Å²) in [5.74, 6) is 0.130. The van der Waals surface area contributed by atoms with Crippen LogP contribution in [0.15, 0.2) is 47.8 Å². The van der Waals surface area contributed by atoms with Crippen molar-refractivity contribution in [2.75, 3.05) is 5.75 Å². The SMILES string of the molecule is O=C1CSC(=O)N1C(c1ccccc1)c1cccs1. The summed E-state index contributed by atoms with van der Waals surface area (Å²) in [6.07, 6.45) is 0. The van der Waals surface area contributed by atoms with Crippen LogP contribution in [0, 0.1) is 0 Å². The summed E-state index contributed by atoms with van der Waals surface area (Å²) < 4.78 is 0. The summed E-state index contributed by atoms with van der Waals surface area (Å²) in [6.45, 7) is 0. The molecule has 3 rings (SSSR count). The topological polar surface area (TPSA) is 37.4 Å². The Kier molecular flexibility index (Phi) is 3.40. The van der Waals surface area contributed by atoms with Gasteiger partial charge in [-0.15, -0.1) is 11.3 Å². The number of rotatable bonds is 3. The standard InChI is InChI=1S/C14H11NO2S2/c16-12-9-19-14(17)15(12)13(11-7-4-8-18-11)10-5-2-1-3-6-10/h1-8,13H,9H2. The van der Waals surface area contributed by atoms with Crippen molar-refractivity contribution in [1.29, 1.82) is 0 Å². The summed E-state index contributed by atoms with van der Waals surface area (Å²) >= 11 is 2.64. The normalized spacial score (nSPS) is 16.9. The van der Waals surface area contributed by atoms with Crippen LogP contribution < -0.4 is 0 Å². The monoisotopic (exact) mass is 289 g/mol. The van der Waals surface area contributed by atoms with Gasteiger partial charge in [0, 0.05) is 4.88 Å². The van der Waals surface area contributed by atoms with E-state index < -0.39 is 0 Å². The number of carbonyl (C=O) groups excluding carboxylic acids is 2. The van der Waals surface area contributed by atoms with Crippen molar-refractivity contribution in [3.05, 3.63) is 58.3 Å². The second kappa shape index (κ2) is 5.19. The van der Waals surface area contributed by atoms with E-state index in [1.807, 2.05) is 47.8 Å². The van der Waals surface area contributed by atoms with Gasteiger partial charge in [-0.25, -0.2) is 0 Å². The minimum Gasteiger partial charge on any atom is -0.273 e. The Hall–Kier alpha value is -1.59. The Balaban J connectivity index is 2.07. The van der Waals surface area contributed by atoms with E-state index in [0.29, 0.717) is 0 Å². The van der Waals surface area contributed by atoms with E-state index in [1.54, 1.807) is 11.3 Å². The molecule has 1 unspecified atom stereocenters. The average Bonchev–Trinajstić information content (AvgIpc) is 3.06. The summed E-state index contributed by atoms with van der Waals surface area (Å²) in [4.78, 5) is 26.3. The number of benzene rings is 1. The minimum atomic E-state index is -0.295. The highest BCUT2D eigenvalue weighted by molar-refractivity contribution is 8.14. The first-order valence-corrected chi connectivity index (χ1v) is 7.71. The van der Waals surface area contributed by atoms with Crippen molar-refractivity contribution in [2.45, 2.75) is 6.04 Å². The first-order chi connectivity index (χ1) is 9.27. The molecule has 96 valence electrons. The zero-order valence-corrected chi connectivity index (χ0v) is 11.6. The molecule has 1 aliphatic heterocycles. The lowest BCUT2D eigenvalue weighted by Crippen LogP contribution is -2.33. The van der Waals surface area contributed by atoms with Gasteiger partial charge in [-0.3, -0.25) is 14.5 Å². The van der Waals surface area contributed by atoms with Gasteiger partial charge in [0.05, 0.1) is 11.8 Å². The molecule has 0 spiro atoms. The van der Waals surface area contributed by atoms with Crippen molar-refractivity contribution < 1.29 is 9.59 Å². The predicted molar refractivity (Wildman–Crippen MR) is 77.3 cm³/mol. The van der Waals surface area contributed by atoms with Crippen LogP contribution in [0.25, 0.3) is 0 Å². The maximum absolute atomic E-state index is 12.0.